The molecule has 0 aliphatic heterocycles. The van der Waals surface area contributed by atoms with Crippen molar-refractivity contribution in [1.82, 2.24) is 0 Å². The summed E-state index contributed by atoms with van der Waals surface area (Å²) in [6, 6.07) is 4.65. The van der Waals surface area contributed by atoms with Gasteiger partial charge in [-0.3, -0.25) is 0 Å². The Hall–Kier alpha value is -1.08. The summed E-state index contributed by atoms with van der Waals surface area (Å²) < 4.78 is 28.5. The molecule has 0 aromatic heterocycles. The SMILES string of the molecule is CCO[Si](Cc1cc(C)c(OC)c(OC)c1)(OCC)OCC. The molecule has 0 saturated carbocycles. The van der Waals surface area contributed by atoms with Crippen LogP contribution in [0, 0.1) is 6.92 Å². The summed E-state index contributed by atoms with van der Waals surface area (Å²) in [6.45, 7) is 9.57. The first-order chi connectivity index (χ1) is 10.6. The predicted octanol–water partition coefficient (Wildman–Crippen LogP) is 3.14. The Bertz CT molecular complexity index is 447. The molecule has 0 saturated heterocycles. The predicted molar refractivity (Wildman–Crippen MR) is 88.6 cm³/mol. The van der Waals surface area contributed by atoms with E-state index < -0.39 is 8.80 Å². The second-order valence-corrected chi connectivity index (χ2v) is 7.39. The van der Waals surface area contributed by atoms with Gasteiger partial charge < -0.3 is 22.8 Å². The maximum absolute atomic E-state index is 5.91. The molecular weight excluding hydrogens is 300 g/mol. The van der Waals surface area contributed by atoms with Crippen molar-refractivity contribution in [3.63, 3.8) is 0 Å². The average molecular weight is 328 g/mol. The highest BCUT2D eigenvalue weighted by atomic mass is 28.4. The van der Waals surface area contributed by atoms with Gasteiger partial charge in [0.05, 0.1) is 14.2 Å². The van der Waals surface area contributed by atoms with E-state index in [1.54, 1.807) is 14.2 Å². The van der Waals surface area contributed by atoms with Crippen molar-refractivity contribution in [2.75, 3.05) is 34.0 Å². The van der Waals surface area contributed by atoms with E-state index in [0.717, 1.165) is 16.9 Å². The third-order valence-corrected chi connectivity index (χ3v) is 6.26. The third-order valence-electron chi connectivity index (χ3n) is 3.24. The first-order valence-corrected chi connectivity index (χ1v) is 9.62. The van der Waals surface area contributed by atoms with Crippen LogP contribution in [0.5, 0.6) is 11.5 Å². The van der Waals surface area contributed by atoms with Crippen LogP contribution in [-0.2, 0) is 19.3 Å². The number of rotatable bonds is 10. The van der Waals surface area contributed by atoms with Crippen LogP contribution in [-0.4, -0.2) is 42.8 Å². The molecule has 5 nitrogen and oxygen atoms in total. The van der Waals surface area contributed by atoms with E-state index in [4.69, 9.17) is 22.8 Å². The Morgan fingerprint density at radius 3 is 1.82 bits per heavy atom. The topological polar surface area (TPSA) is 46.2 Å². The van der Waals surface area contributed by atoms with Crippen molar-refractivity contribution in [2.24, 2.45) is 0 Å². The number of hydrogen-bond donors (Lipinski definition) is 0. The van der Waals surface area contributed by atoms with E-state index in [9.17, 15) is 0 Å². The lowest BCUT2D eigenvalue weighted by molar-refractivity contribution is 0.0704. The van der Waals surface area contributed by atoms with Crippen molar-refractivity contribution in [1.29, 1.82) is 0 Å². The van der Waals surface area contributed by atoms with Gasteiger partial charge in [0.25, 0.3) is 0 Å². The molecule has 22 heavy (non-hydrogen) atoms. The Balaban J connectivity index is 3.14. The van der Waals surface area contributed by atoms with E-state index in [1.807, 2.05) is 33.8 Å². The number of ether oxygens (including phenoxy) is 2. The van der Waals surface area contributed by atoms with Crippen LogP contribution in [0.15, 0.2) is 12.1 Å². The van der Waals surface area contributed by atoms with Gasteiger partial charge in [-0.2, -0.15) is 0 Å². The zero-order valence-corrected chi connectivity index (χ0v) is 15.5. The summed E-state index contributed by atoms with van der Waals surface area (Å²) in [4.78, 5) is 0. The molecular formula is C16H28O5Si. The van der Waals surface area contributed by atoms with Gasteiger partial charge in [0.15, 0.2) is 11.5 Å². The van der Waals surface area contributed by atoms with Crippen LogP contribution in [0.2, 0.25) is 0 Å². The van der Waals surface area contributed by atoms with Gasteiger partial charge in [0.2, 0.25) is 0 Å². The lowest BCUT2D eigenvalue weighted by Crippen LogP contribution is -2.48. The van der Waals surface area contributed by atoms with Crippen molar-refractivity contribution < 1.29 is 22.8 Å². The quantitative estimate of drug-likeness (QED) is 0.618. The van der Waals surface area contributed by atoms with E-state index in [0.29, 0.717) is 31.6 Å². The third kappa shape index (κ3) is 4.71. The fraction of sp³-hybridized carbons (Fsp3) is 0.625. The standard InChI is InChI=1S/C16H28O5Si/c1-7-19-22(20-8-2,21-9-3)12-14-10-13(4)16(18-6)15(11-14)17-5/h10-11H,7-9,12H2,1-6H3. The fourth-order valence-corrected chi connectivity index (χ4v) is 5.10. The first kappa shape index (κ1) is 19.0. The molecule has 0 spiro atoms. The molecule has 0 atom stereocenters. The second kappa shape index (κ2) is 9.15. The molecule has 126 valence electrons. The molecule has 1 aromatic carbocycles. The highest BCUT2D eigenvalue weighted by molar-refractivity contribution is 6.60. The molecule has 0 N–H and O–H groups in total. The van der Waals surface area contributed by atoms with Crippen molar-refractivity contribution in [3.8, 4) is 11.5 Å². The molecule has 0 amide bonds. The molecule has 1 aromatic rings. The smallest absolute Gasteiger partial charge is 0.493 e. The summed E-state index contributed by atoms with van der Waals surface area (Å²) in [7, 11) is 0.562. The van der Waals surface area contributed by atoms with Crippen LogP contribution < -0.4 is 9.47 Å². The van der Waals surface area contributed by atoms with E-state index in [1.165, 1.54) is 0 Å². The minimum absolute atomic E-state index is 0.568. The van der Waals surface area contributed by atoms with Crippen molar-refractivity contribution >= 4 is 8.80 Å². The highest BCUT2D eigenvalue weighted by Gasteiger charge is 2.40. The number of benzene rings is 1. The lowest BCUT2D eigenvalue weighted by atomic mass is 10.1. The highest BCUT2D eigenvalue weighted by Crippen LogP contribution is 2.33. The van der Waals surface area contributed by atoms with Crippen molar-refractivity contribution in [3.05, 3.63) is 23.3 Å². The second-order valence-electron chi connectivity index (χ2n) is 4.81. The summed E-state index contributed by atoms with van der Waals surface area (Å²) in [5.41, 5.74) is 2.08. The van der Waals surface area contributed by atoms with Crippen LogP contribution in [0.3, 0.4) is 0 Å². The van der Waals surface area contributed by atoms with Crippen LogP contribution in [0.25, 0.3) is 0 Å². The minimum atomic E-state index is -2.72. The number of hydrogen-bond acceptors (Lipinski definition) is 5. The molecule has 1 rings (SSSR count). The maximum atomic E-state index is 5.91. The zero-order chi connectivity index (χ0) is 16.6. The molecule has 0 aliphatic carbocycles. The fourth-order valence-electron chi connectivity index (χ4n) is 2.52. The van der Waals surface area contributed by atoms with Gasteiger partial charge in [0, 0.05) is 25.9 Å². The Morgan fingerprint density at radius 1 is 0.864 bits per heavy atom. The molecule has 0 aliphatic rings. The zero-order valence-electron chi connectivity index (χ0n) is 14.5. The molecule has 6 heteroatoms. The Labute approximate surface area is 134 Å². The minimum Gasteiger partial charge on any atom is -0.493 e. The van der Waals surface area contributed by atoms with Crippen molar-refractivity contribution in [2.45, 2.75) is 33.7 Å². The molecule has 0 bridgehead atoms. The lowest BCUT2D eigenvalue weighted by Gasteiger charge is -2.28. The Morgan fingerprint density at radius 2 is 1.41 bits per heavy atom. The van der Waals surface area contributed by atoms with Gasteiger partial charge in [-0.25, -0.2) is 0 Å². The van der Waals surface area contributed by atoms with E-state index >= 15 is 0 Å². The van der Waals surface area contributed by atoms with Gasteiger partial charge in [0.1, 0.15) is 0 Å². The van der Waals surface area contributed by atoms with Gasteiger partial charge in [-0.15, -0.1) is 0 Å². The monoisotopic (exact) mass is 328 g/mol. The number of aryl methyl sites for hydroxylation is 1. The molecule has 0 heterocycles. The normalized spacial score (nSPS) is 11.5. The van der Waals surface area contributed by atoms with E-state index in [2.05, 4.69) is 6.07 Å². The summed E-state index contributed by atoms with van der Waals surface area (Å²) in [5.74, 6) is 1.47. The van der Waals surface area contributed by atoms with Crippen LogP contribution >= 0.6 is 0 Å². The van der Waals surface area contributed by atoms with Gasteiger partial charge in [-0.05, 0) is 44.9 Å². The summed E-state index contributed by atoms with van der Waals surface area (Å²) in [6.07, 6.45) is 0. The van der Waals surface area contributed by atoms with Gasteiger partial charge >= 0.3 is 8.80 Å². The average Bonchev–Trinajstić information content (AvgIpc) is 2.47. The largest absolute Gasteiger partial charge is 0.505 e. The first-order valence-electron chi connectivity index (χ1n) is 7.69. The van der Waals surface area contributed by atoms with Crippen LogP contribution in [0.4, 0.5) is 0 Å². The summed E-state index contributed by atoms with van der Waals surface area (Å²) in [5, 5.41) is 0. The molecule has 0 unspecified atom stereocenters. The molecule has 0 fully saturated rings. The maximum Gasteiger partial charge on any atom is 0.505 e. The molecule has 0 radical (unpaired) electrons. The number of methoxy groups -OCH3 is 2. The van der Waals surface area contributed by atoms with E-state index in [-0.39, 0.29) is 0 Å². The van der Waals surface area contributed by atoms with Crippen LogP contribution in [0.1, 0.15) is 31.9 Å². The summed E-state index contributed by atoms with van der Waals surface area (Å²) >= 11 is 0. The Kier molecular flexibility index (Phi) is 7.88. The van der Waals surface area contributed by atoms with Gasteiger partial charge in [-0.1, -0.05) is 6.07 Å².